The summed E-state index contributed by atoms with van der Waals surface area (Å²) in [6.45, 7) is 0.885. The van der Waals surface area contributed by atoms with E-state index in [1.54, 1.807) is 6.07 Å². The average Bonchev–Trinajstić information content (AvgIpc) is 3.12. The fourth-order valence-electron chi connectivity index (χ4n) is 3.00. The van der Waals surface area contributed by atoms with Crippen molar-refractivity contribution in [1.29, 1.82) is 0 Å². The minimum Gasteiger partial charge on any atom is -0.420 e. The SMILES string of the molecule is CS(=O)(=O)[C@H]1CCN(c2ncc(C(=O)Nc3ccc(OC(F)(F)Cl)cc3)cc2Br)C1. The Hall–Kier alpha value is -1.98. The molecule has 0 radical (unpaired) electrons. The van der Waals surface area contributed by atoms with Crippen molar-refractivity contribution in [3.8, 4) is 5.75 Å². The Balaban J connectivity index is 1.67. The van der Waals surface area contributed by atoms with Gasteiger partial charge in [-0.1, -0.05) is 0 Å². The highest BCUT2D eigenvalue weighted by molar-refractivity contribution is 9.10. The summed E-state index contributed by atoms with van der Waals surface area (Å²) in [4.78, 5) is 18.6. The molecule has 12 heteroatoms. The van der Waals surface area contributed by atoms with Gasteiger partial charge in [-0.25, -0.2) is 13.4 Å². The molecule has 1 fully saturated rings. The fraction of sp³-hybridized carbons (Fsp3) is 0.333. The first-order valence-corrected chi connectivity index (χ1v) is 11.8. The van der Waals surface area contributed by atoms with Crippen LogP contribution < -0.4 is 15.0 Å². The van der Waals surface area contributed by atoms with Crippen LogP contribution >= 0.6 is 27.5 Å². The summed E-state index contributed by atoms with van der Waals surface area (Å²) in [5.74, 6) is -0.0532. The van der Waals surface area contributed by atoms with Gasteiger partial charge in [0.05, 0.1) is 15.3 Å². The van der Waals surface area contributed by atoms with E-state index in [-0.39, 0.29) is 11.3 Å². The molecule has 0 bridgehead atoms. The second-order valence-electron chi connectivity index (χ2n) is 6.74. The summed E-state index contributed by atoms with van der Waals surface area (Å²) in [5, 5.41) is 2.18. The minimum atomic E-state index is -3.82. The van der Waals surface area contributed by atoms with E-state index >= 15 is 0 Å². The van der Waals surface area contributed by atoms with E-state index < -0.39 is 26.6 Å². The number of pyridine rings is 1. The van der Waals surface area contributed by atoms with Crippen molar-refractivity contribution in [2.24, 2.45) is 0 Å². The summed E-state index contributed by atoms with van der Waals surface area (Å²) in [7, 11) is -3.13. The van der Waals surface area contributed by atoms with Crippen LogP contribution in [0, 0.1) is 0 Å². The molecule has 2 heterocycles. The van der Waals surface area contributed by atoms with E-state index in [1.807, 2.05) is 4.90 Å². The molecule has 2 aromatic rings. The van der Waals surface area contributed by atoms with Crippen molar-refractivity contribution in [3.05, 3.63) is 46.6 Å². The molecule has 1 saturated heterocycles. The van der Waals surface area contributed by atoms with Gasteiger partial charge in [-0.05, 0) is 52.7 Å². The highest BCUT2D eigenvalue weighted by atomic mass is 79.9. The fourth-order valence-corrected chi connectivity index (χ4v) is 4.67. The molecule has 162 valence electrons. The molecule has 1 aliphatic heterocycles. The normalized spacial score (nSPS) is 17.1. The van der Waals surface area contributed by atoms with E-state index in [2.05, 4.69) is 31.0 Å². The van der Waals surface area contributed by atoms with Gasteiger partial charge in [0.15, 0.2) is 9.84 Å². The summed E-state index contributed by atoms with van der Waals surface area (Å²) in [6.07, 6.45) is 3.12. The van der Waals surface area contributed by atoms with E-state index in [4.69, 9.17) is 11.6 Å². The third-order valence-electron chi connectivity index (χ3n) is 4.48. The molecule has 0 aliphatic carbocycles. The Morgan fingerprint density at radius 3 is 2.57 bits per heavy atom. The van der Waals surface area contributed by atoms with Gasteiger partial charge in [-0.3, -0.25) is 4.79 Å². The van der Waals surface area contributed by atoms with E-state index in [1.165, 1.54) is 36.7 Å². The van der Waals surface area contributed by atoms with Crippen LogP contribution in [-0.2, 0) is 9.84 Å². The lowest BCUT2D eigenvalue weighted by atomic mass is 10.2. The van der Waals surface area contributed by atoms with E-state index in [0.29, 0.717) is 35.5 Å². The number of alkyl halides is 3. The van der Waals surface area contributed by atoms with Crippen LogP contribution in [0.15, 0.2) is 41.0 Å². The first-order valence-electron chi connectivity index (χ1n) is 8.69. The van der Waals surface area contributed by atoms with Crippen LogP contribution in [0.3, 0.4) is 0 Å². The number of sulfone groups is 1. The number of ether oxygens (including phenoxy) is 1. The van der Waals surface area contributed by atoms with Gasteiger partial charge in [-0.2, -0.15) is 0 Å². The maximum absolute atomic E-state index is 12.6. The topological polar surface area (TPSA) is 88.6 Å². The Bertz CT molecular complexity index is 1050. The molecule has 7 nitrogen and oxygen atoms in total. The highest BCUT2D eigenvalue weighted by Gasteiger charge is 2.31. The Morgan fingerprint density at radius 1 is 1.37 bits per heavy atom. The molecular formula is C18H17BrClF2N3O4S. The molecule has 1 aromatic carbocycles. The van der Waals surface area contributed by atoms with Gasteiger partial charge in [0.25, 0.3) is 5.91 Å². The number of anilines is 2. The summed E-state index contributed by atoms with van der Waals surface area (Å²) in [6, 6.07) is 6.85. The maximum atomic E-state index is 12.6. The predicted octanol–water partition coefficient (Wildman–Crippen LogP) is 3.89. The monoisotopic (exact) mass is 523 g/mol. The van der Waals surface area contributed by atoms with E-state index in [0.717, 1.165) is 0 Å². The second kappa shape index (κ2) is 8.64. The standard InChI is InChI=1S/C18H17BrClF2N3O4S/c1-30(27,28)14-6-7-25(10-14)16-15(19)8-11(9-23-16)17(26)24-12-2-4-13(5-3-12)29-18(20,21)22/h2-5,8-9,14H,6-7,10H2,1H3,(H,24,26)/t14-/m0/s1. The second-order valence-corrected chi connectivity index (χ2v) is 10.4. The number of aromatic nitrogens is 1. The van der Waals surface area contributed by atoms with Gasteiger partial charge in [0, 0.05) is 42.8 Å². The molecule has 1 aliphatic rings. The van der Waals surface area contributed by atoms with Crippen LogP contribution in [0.5, 0.6) is 5.75 Å². The molecule has 30 heavy (non-hydrogen) atoms. The molecule has 3 rings (SSSR count). The van der Waals surface area contributed by atoms with Crippen molar-refractivity contribution in [3.63, 3.8) is 0 Å². The summed E-state index contributed by atoms with van der Waals surface area (Å²) in [5.41, 5.74) is -3.20. The van der Waals surface area contributed by atoms with Gasteiger partial charge in [0.1, 0.15) is 11.6 Å². The van der Waals surface area contributed by atoms with Crippen LogP contribution in [0.1, 0.15) is 16.8 Å². The van der Waals surface area contributed by atoms with Crippen LogP contribution in [0.2, 0.25) is 0 Å². The Kier molecular flexibility index (Phi) is 6.54. The van der Waals surface area contributed by atoms with Crippen molar-refractivity contribution in [2.45, 2.75) is 17.2 Å². The number of hydrogen-bond acceptors (Lipinski definition) is 6. The molecule has 0 spiro atoms. The first-order chi connectivity index (χ1) is 13.9. The maximum Gasteiger partial charge on any atom is 0.487 e. The number of carbonyl (C=O) groups excluding carboxylic acids is 1. The van der Waals surface area contributed by atoms with Crippen molar-refractivity contribution < 1.29 is 26.7 Å². The number of benzene rings is 1. The van der Waals surface area contributed by atoms with Crippen LogP contribution in [-0.4, -0.2) is 49.5 Å². The quantitative estimate of drug-likeness (QED) is 0.577. The number of nitrogens with zero attached hydrogens (tertiary/aromatic N) is 2. The van der Waals surface area contributed by atoms with Gasteiger partial charge in [0.2, 0.25) is 0 Å². The zero-order chi connectivity index (χ0) is 22.1. The number of halogens is 4. The number of carbonyl (C=O) groups is 1. The lowest BCUT2D eigenvalue weighted by molar-refractivity contribution is -0.0964. The molecule has 1 atom stereocenters. The van der Waals surface area contributed by atoms with Crippen molar-refractivity contribution in [2.75, 3.05) is 29.6 Å². The highest BCUT2D eigenvalue weighted by Crippen LogP contribution is 2.30. The molecule has 0 saturated carbocycles. The molecule has 1 N–H and O–H groups in total. The number of nitrogens with one attached hydrogen (secondary N) is 1. The number of hydrogen-bond donors (Lipinski definition) is 1. The summed E-state index contributed by atoms with van der Waals surface area (Å²) < 4.78 is 53.5. The lowest BCUT2D eigenvalue weighted by Crippen LogP contribution is -2.27. The lowest BCUT2D eigenvalue weighted by Gasteiger charge is -2.19. The Labute approximate surface area is 185 Å². The third kappa shape index (κ3) is 5.79. The predicted molar refractivity (Wildman–Crippen MR) is 113 cm³/mol. The van der Waals surface area contributed by atoms with E-state index in [9.17, 15) is 22.0 Å². The third-order valence-corrected chi connectivity index (χ3v) is 6.74. The zero-order valence-electron chi connectivity index (χ0n) is 15.6. The molecule has 1 aromatic heterocycles. The largest absolute Gasteiger partial charge is 0.487 e. The number of amides is 1. The smallest absolute Gasteiger partial charge is 0.420 e. The molecule has 0 unspecified atom stereocenters. The first kappa shape index (κ1) is 22.7. The molecular weight excluding hydrogens is 508 g/mol. The van der Waals surface area contributed by atoms with Crippen LogP contribution in [0.4, 0.5) is 20.3 Å². The van der Waals surface area contributed by atoms with Crippen molar-refractivity contribution >= 4 is 54.8 Å². The van der Waals surface area contributed by atoms with Crippen molar-refractivity contribution in [1.82, 2.24) is 4.98 Å². The van der Waals surface area contributed by atoms with Gasteiger partial charge < -0.3 is 15.0 Å². The average molecular weight is 525 g/mol. The number of rotatable bonds is 6. The van der Waals surface area contributed by atoms with Gasteiger partial charge in [-0.15, -0.1) is 8.78 Å². The molecule has 1 amide bonds. The van der Waals surface area contributed by atoms with Gasteiger partial charge >= 0.3 is 5.57 Å². The minimum absolute atomic E-state index is 0.153. The summed E-state index contributed by atoms with van der Waals surface area (Å²) >= 11 is 8.09. The van der Waals surface area contributed by atoms with Crippen LogP contribution in [0.25, 0.3) is 0 Å². The Morgan fingerprint density at radius 2 is 2.03 bits per heavy atom. The zero-order valence-corrected chi connectivity index (χ0v) is 18.8.